The van der Waals surface area contributed by atoms with Gasteiger partial charge in [-0.15, -0.1) is 0 Å². The van der Waals surface area contributed by atoms with Crippen LogP contribution in [0.15, 0.2) is 42.5 Å². The van der Waals surface area contributed by atoms with Gasteiger partial charge >= 0.3 is 11.8 Å². The smallest absolute Gasteiger partial charge is 0.314 e. The number of benzene rings is 2. The molecule has 0 fully saturated rings. The molecule has 2 aromatic carbocycles. The lowest BCUT2D eigenvalue weighted by Gasteiger charge is -2.09. The summed E-state index contributed by atoms with van der Waals surface area (Å²) in [7, 11) is 0. The van der Waals surface area contributed by atoms with E-state index in [0.29, 0.717) is 11.8 Å². The van der Waals surface area contributed by atoms with Crippen LogP contribution in [0, 0.1) is 11.6 Å². The summed E-state index contributed by atoms with van der Waals surface area (Å²) < 4.78 is 26.2. The Balaban J connectivity index is 2.03. The summed E-state index contributed by atoms with van der Waals surface area (Å²) in [6, 6.07) is 8.68. The van der Waals surface area contributed by atoms with E-state index in [4.69, 9.17) is 0 Å². The van der Waals surface area contributed by atoms with Crippen LogP contribution in [0.1, 0.15) is 6.92 Å². The number of halogens is 2. The van der Waals surface area contributed by atoms with Gasteiger partial charge in [0.05, 0.1) is 5.69 Å². The van der Waals surface area contributed by atoms with Gasteiger partial charge in [0, 0.05) is 24.4 Å². The van der Waals surface area contributed by atoms with Crippen LogP contribution in [0.3, 0.4) is 0 Å². The van der Waals surface area contributed by atoms with Gasteiger partial charge in [0.2, 0.25) is 5.91 Å². The minimum atomic E-state index is -1.12. The number of rotatable bonds is 3. The van der Waals surface area contributed by atoms with Crippen LogP contribution < -0.4 is 16.0 Å². The molecule has 0 heterocycles. The molecule has 8 heteroatoms. The largest absolute Gasteiger partial charge is 0.326 e. The van der Waals surface area contributed by atoms with Gasteiger partial charge in [-0.1, -0.05) is 6.07 Å². The standard InChI is InChI=1S/C16H13F2N3O3/c1-9(22)19-11-3-2-4-12(8-11)20-15(23)16(24)21-14-6-5-10(17)7-13(14)18/h2-8H,1H3,(H,19,22)(H,20,23)(H,21,24). The van der Waals surface area contributed by atoms with E-state index in [2.05, 4.69) is 10.6 Å². The fourth-order valence-electron chi connectivity index (χ4n) is 1.84. The molecule has 0 unspecified atom stereocenters. The van der Waals surface area contributed by atoms with Crippen molar-refractivity contribution >= 4 is 34.8 Å². The Labute approximate surface area is 135 Å². The Morgan fingerprint density at radius 3 is 2.08 bits per heavy atom. The Kier molecular flexibility index (Phi) is 5.20. The summed E-state index contributed by atoms with van der Waals surface area (Å²) >= 11 is 0. The van der Waals surface area contributed by atoms with Gasteiger partial charge in [0.1, 0.15) is 11.6 Å². The number of anilines is 3. The zero-order valence-corrected chi connectivity index (χ0v) is 12.5. The van der Waals surface area contributed by atoms with Crippen molar-refractivity contribution in [1.29, 1.82) is 0 Å². The highest BCUT2D eigenvalue weighted by Gasteiger charge is 2.16. The summed E-state index contributed by atoms with van der Waals surface area (Å²) in [5, 5.41) is 6.87. The summed E-state index contributed by atoms with van der Waals surface area (Å²) in [6.45, 7) is 1.33. The maximum Gasteiger partial charge on any atom is 0.314 e. The van der Waals surface area contributed by atoms with Crippen molar-refractivity contribution in [3.63, 3.8) is 0 Å². The van der Waals surface area contributed by atoms with Gasteiger partial charge in [-0.05, 0) is 30.3 Å². The third-order valence-electron chi connectivity index (χ3n) is 2.83. The van der Waals surface area contributed by atoms with E-state index >= 15 is 0 Å². The molecule has 2 aromatic rings. The summed E-state index contributed by atoms with van der Waals surface area (Å²) in [6.07, 6.45) is 0. The highest BCUT2D eigenvalue weighted by atomic mass is 19.1. The molecule has 0 spiro atoms. The first-order valence-electron chi connectivity index (χ1n) is 6.80. The lowest BCUT2D eigenvalue weighted by molar-refractivity contribution is -0.133. The predicted octanol–water partition coefficient (Wildman–Crippen LogP) is 2.50. The summed E-state index contributed by atoms with van der Waals surface area (Å²) in [4.78, 5) is 34.6. The van der Waals surface area contributed by atoms with E-state index in [0.717, 1.165) is 12.1 Å². The van der Waals surface area contributed by atoms with Gasteiger partial charge < -0.3 is 16.0 Å². The number of carbonyl (C=O) groups excluding carboxylic acids is 3. The minimum Gasteiger partial charge on any atom is -0.326 e. The first-order valence-corrected chi connectivity index (χ1v) is 6.80. The van der Waals surface area contributed by atoms with E-state index in [1.165, 1.54) is 19.1 Å². The molecular formula is C16H13F2N3O3. The number of nitrogens with one attached hydrogen (secondary N) is 3. The van der Waals surface area contributed by atoms with Gasteiger partial charge in [-0.2, -0.15) is 0 Å². The van der Waals surface area contributed by atoms with Crippen LogP contribution >= 0.6 is 0 Å². The molecule has 6 nitrogen and oxygen atoms in total. The Morgan fingerprint density at radius 2 is 1.46 bits per heavy atom. The molecule has 0 saturated heterocycles. The molecule has 3 N–H and O–H groups in total. The quantitative estimate of drug-likeness (QED) is 0.754. The van der Waals surface area contributed by atoms with E-state index in [1.54, 1.807) is 12.1 Å². The van der Waals surface area contributed by atoms with Crippen molar-refractivity contribution in [1.82, 2.24) is 0 Å². The number of hydrogen-bond donors (Lipinski definition) is 3. The van der Waals surface area contributed by atoms with Crippen molar-refractivity contribution in [2.45, 2.75) is 6.92 Å². The normalized spacial score (nSPS) is 9.96. The van der Waals surface area contributed by atoms with Gasteiger partial charge in [-0.25, -0.2) is 8.78 Å². The second-order valence-corrected chi connectivity index (χ2v) is 4.79. The van der Waals surface area contributed by atoms with Gasteiger partial charge in [-0.3, -0.25) is 14.4 Å². The first kappa shape index (κ1) is 17.1. The molecular weight excluding hydrogens is 320 g/mol. The topological polar surface area (TPSA) is 87.3 Å². The van der Waals surface area contributed by atoms with Crippen LogP contribution in [-0.2, 0) is 14.4 Å². The lowest BCUT2D eigenvalue weighted by Crippen LogP contribution is -2.29. The Bertz CT molecular complexity index is 809. The van der Waals surface area contributed by atoms with Crippen molar-refractivity contribution in [3.05, 3.63) is 54.1 Å². The van der Waals surface area contributed by atoms with Crippen molar-refractivity contribution < 1.29 is 23.2 Å². The minimum absolute atomic E-state index is 0.265. The van der Waals surface area contributed by atoms with E-state index in [1.807, 2.05) is 5.32 Å². The maximum atomic E-state index is 13.4. The molecule has 0 bridgehead atoms. The van der Waals surface area contributed by atoms with Crippen LogP contribution in [0.25, 0.3) is 0 Å². The third-order valence-corrected chi connectivity index (χ3v) is 2.83. The fourth-order valence-corrected chi connectivity index (χ4v) is 1.84. The first-order chi connectivity index (χ1) is 11.3. The van der Waals surface area contributed by atoms with Crippen LogP contribution in [0.5, 0.6) is 0 Å². The molecule has 24 heavy (non-hydrogen) atoms. The summed E-state index contributed by atoms with van der Waals surface area (Å²) in [5.74, 6) is -4.25. The van der Waals surface area contributed by atoms with Crippen LogP contribution in [0.2, 0.25) is 0 Å². The molecule has 2 rings (SSSR count). The lowest BCUT2D eigenvalue weighted by atomic mass is 10.2. The van der Waals surface area contributed by atoms with E-state index in [9.17, 15) is 23.2 Å². The van der Waals surface area contributed by atoms with E-state index in [-0.39, 0.29) is 17.3 Å². The number of carbonyl (C=O) groups is 3. The molecule has 0 aliphatic heterocycles. The maximum absolute atomic E-state index is 13.4. The second kappa shape index (κ2) is 7.32. The van der Waals surface area contributed by atoms with Crippen molar-refractivity contribution in [3.8, 4) is 0 Å². The molecule has 0 aliphatic carbocycles. The average Bonchev–Trinajstić information content (AvgIpc) is 2.49. The molecule has 0 radical (unpaired) electrons. The van der Waals surface area contributed by atoms with Gasteiger partial charge in [0.25, 0.3) is 0 Å². The highest BCUT2D eigenvalue weighted by molar-refractivity contribution is 6.43. The predicted molar refractivity (Wildman–Crippen MR) is 84.4 cm³/mol. The monoisotopic (exact) mass is 333 g/mol. The molecule has 124 valence electrons. The van der Waals surface area contributed by atoms with Crippen LogP contribution in [0.4, 0.5) is 25.8 Å². The zero-order chi connectivity index (χ0) is 17.7. The molecule has 3 amide bonds. The number of amides is 3. The SMILES string of the molecule is CC(=O)Nc1cccc(NC(=O)C(=O)Nc2ccc(F)cc2F)c1. The van der Waals surface area contributed by atoms with Crippen molar-refractivity contribution in [2.24, 2.45) is 0 Å². The van der Waals surface area contributed by atoms with Crippen LogP contribution in [-0.4, -0.2) is 17.7 Å². The van der Waals surface area contributed by atoms with Gasteiger partial charge in [0.15, 0.2) is 0 Å². The molecule has 0 atom stereocenters. The Morgan fingerprint density at radius 1 is 0.833 bits per heavy atom. The molecule has 0 aromatic heterocycles. The summed E-state index contributed by atoms with van der Waals surface area (Å²) in [5.41, 5.74) is 0.384. The zero-order valence-electron chi connectivity index (χ0n) is 12.5. The highest BCUT2D eigenvalue weighted by Crippen LogP contribution is 2.16. The Hall–Kier alpha value is -3.29. The van der Waals surface area contributed by atoms with E-state index < -0.39 is 23.4 Å². The second-order valence-electron chi connectivity index (χ2n) is 4.79. The fraction of sp³-hybridized carbons (Fsp3) is 0.0625. The van der Waals surface area contributed by atoms with Crippen molar-refractivity contribution in [2.75, 3.05) is 16.0 Å². The average molecular weight is 333 g/mol. The third kappa shape index (κ3) is 4.60. The molecule has 0 aliphatic rings. The number of hydrogen-bond acceptors (Lipinski definition) is 3. The molecule has 0 saturated carbocycles.